The molecule has 2 amide bonds. The Balaban J connectivity index is 1.99. The molecule has 0 radical (unpaired) electrons. The van der Waals surface area contributed by atoms with Crippen molar-refractivity contribution in [1.29, 1.82) is 0 Å². The molecule has 1 aliphatic rings. The van der Waals surface area contributed by atoms with E-state index in [1.54, 1.807) is 0 Å². The zero-order valence-corrected chi connectivity index (χ0v) is 12.6. The van der Waals surface area contributed by atoms with E-state index >= 15 is 0 Å². The van der Waals surface area contributed by atoms with Gasteiger partial charge in [-0.05, 0) is 43.5 Å². The van der Waals surface area contributed by atoms with E-state index in [1.165, 1.54) is 5.56 Å². The summed E-state index contributed by atoms with van der Waals surface area (Å²) in [5.41, 5.74) is 2.15. The lowest BCUT2D eigenvalue weighted by Gasteiger charge is -2.27. The first kappa shape index (κ1) is 14.9. The summed E-state index contributed by atoms with van der Waals surface area (Å²) in [5.74, 6) is 0.511. The van der Waals surface area contributed by atoms with E-state index in [1.807, 2.05) is 17.0 Å². The predicted molar refractivity (Wildman–Crippen MR) is 83.2 cm³/mol. The Morgan fingerprint density at radius 2 is 2.00 bits per heavy atom. The number of benzene rings is 1. The van der Waals surface area contributed by atoms with E-state index < -0.39 is 0 Å². The van der Waals surface area contributed by atoms with Crippen molar-refractivity contribution in [2.45, 2.75) is 39.2 Å². The molecule has 1 aliphatic heterocycles. The van der Waals surface area contributed by atoms with Crippen LogP contribution in [0.25, 0.3) is 0 Å². The van der Waals surface area contributed by atoms with Crippen LogP contribution in [0.1, 0.15) is 38.7 Å². The third-order valence-electron chi connectivity index (χ3n) is 3.89. The van der Waals surface area contributed by atoms with E-state index in [0.717, 1.165) is 31.7 Å². The highest BCUT2D eigenvalue weighted by molar-refractivity contribution is 5.89. The molecule has 0 saturated carbocycles. The summed E-state index contributed by atoms with van der Waals surface area (Å²) in [6.45, 7) is 9.04. The molecule has 2 N–H and O–H groups in total. The number of carbonyl (C=O) groups is 1. The van der Waals surface area contributed by atoms with Crippen LogP contribution in [-0.4, -0.2) is 36.6 Å². The fraction of sp³-hybridized carbons (Fsp3) is 0.562. The molecule has 1 saturated heterocycles. The first-order valence-corrected chi connectivity index (χ1v) is 7.46. The van der Waals surface area contributed by atoms with Gasteiger partial charge < -0.3 is 15.5 Å². The van der Waals surface area contributed by atoms with Gasteiger partial charge in [-0.25, -0.2) is 4.79 Å². The molecule has 1 atom stereocenters. The van der Waals surface area contributed by atoms with E-state index in [-0.39, 0.29) is 12.1 Å². The van der Waals surface area contributed by atoms with Gasteiger partial charge >= 0.3 is 6.03 Å². The van der Waals surface area contributed by atoms with Gasteiger partial charge in [-0.1, -0.05) is 26.0 Å². The van der Waals surface area contributed by atoms with Crippen LogP contribution in [-0.2, 0) is 0 Å². The molecule has 1 aromatic carbocycles. The van der Waals surface area contributed by atoms with Crippen LogP contribution in [0.2, 0.25) is 0 Å². The summed E-state index contributed by atoms with van der Waals surface area (Å²) in [5, 5.41) is 6.32. The number of amides is 2. The minimum Gasteiger partial charge on any atom is -0.321 e. The predicted octanol–water partition coefficient (Wildman–Crippen LogP) is 3.03. The minimum absolute atomic E-state index is 0.00139. The second-order valence-electron chi connectivity index (χ2n) is 5.79. The fourth-order valence-electron chi connectivity index (χ4n) is 2.46. The second kappa shape index (κ2) is 6.75. The van der Waals surface area contributed by atoms with E-state index in [4.69, 9.17) is 0 Å². The first-order valence-electron chi connectivity index (χ1n) is 7.46. The molecule has 4 heteroatoms. The van der Waals surface area contributed by atoms with E-state index in [2.05, 4.69) is 43.5 Å². The lowest BCUT2D eigenvalue weighted by molar-refractivity contribution is 0.196. The van der Waals surface area contributed by atoms with E-state index in [0.29, 0.717) is 5.92 Å². The third kappa shape index (κ3) is 3.73. The van der Waals surface area contributed by atoms with Crippen LogP contribution in [0.3, 0.4) is 0 Å². The first-order chi connectivity index (χ1) is 9.58. The quantitative estimate of drug-likeness (QED) is 0.871. The summed E-state index contributed by atoms with van der Waals surface area (Å²) in [4.78, 5) is 14.2. The smallest absolute Gasteiger partial charge is 0.321 e. The summed E-state index contributed by atoms with van der Waals surface area (Å²) in [6.07, 6.45) is 1.000. The van der Waals surface area contributed by atoms with Crippen molar-refractivity contribution in [1.82, 2.24) is 10.2 Å². The van der Waals surface area contributed by atoms with Crippen molar-refractivity contribution < 1.29 is 4.79 Å². The number of nitrogens with one attached hydrogen (secondary N) is 2. The van der Waals surface area contributed by atoms with Crippen molar-refractivity contribution in [3.63, 3.8) is 0 Å². The molecule has 1 aromatic rings. The molecule has 2 rings (SSSR count). The highest BCUT2D eigenvalue weighted by Gasteiger charge is 2.21. The summed E-state index contributed by atoms with van der Waals surface area (Å²) in [7, 11) is 0. The highest BCUT2D eigenvalue weighted by atomic mass is 16.2. The third-order valence-corrected chi connectivity index (χ3v) is 3.89. The molecule has 1 heterocycles. The molecule has 0 aromatic heterocycles. The van der Waals surface area contributed by atoms with Gasteiger partial charge in [-0.15, -0.1) is 0 Å². The maximum atomic E-state index is 12.3. The lowest BCUT2D eigenvalue weighted by atomic mass is 10.0. The number of hydrogen-bond donors (Lipinski definition) is 2. The molecule has 110 valence electrons. The van der Waals surface area contributed by atoms with Gasteiger partial charge in [-0.2, -0.15) is 0 Å². The average molecular weight is 275 g/mol. The summed E-state index contributed by atoms with van der Waals surface area (Å²) >= 11 is 0. The largest absolute Gasteiger partial charge is 0.322 e. The van der Waals surface area contributed by atoms with Gasteiger partial charge in [0, 0.05) is 24.8 Å². The normalized spacial score (nSPS) is 19.8. The van der Waals surface area contributed by atoms with Crippen LogP contribution in [0.15, 0.2) is 24.3 Å². The number of hydrogen-bond acceptors (Lipinski definition) is 2. The Labute approximate surface area is 121 Å². The zero-order valence-electron chi connectivity index (χ0n) is 12.6. The summed E-state index contributed by atoms with van der Waals surface area (Å²) in [6, 6.07) is 8.39. The SMILES string of the molecule is CC(C)c1ccc(NC(=O)N2CCNCCC2C)cc1. The second-order valence-corrected chi connectivity index (χ2v) is 5.79. The van der Waals surface area contributed by atoms with Crippen molar-refractivity contribution in [3.05, 3.63) is 29.8 Å². The van der Waals surface area contributed by atoms with Gasteiger partial charge in [0.05, 0.1) is 0 Å². The average Bonchev–Trinajstić information content (AvgIpc) is 2.64. The monoisotopic (exact) mass is 275 g/mol. The van der Waals surface area contributed by atoms with Crippen molar-refractivity contribution in [2.75, 3.05) is 25.0 Å². The van der Waals surface area contributed by atoms with Crippen LogP contribution < -0.4 is 10.6 Å². The molecule has 1 unspecified atom stereocenters. The van der Waals surface area contributed by atoms with Crippen LogP contribution >= 0.6 is 0 Å². The maximum Gasteiger partial charge on any atom is 0.322 e. The number of carbonyl (C=O) groups excluding carboxylic acids is 1. The Hall–Kier alpha value is -1.55. The Kier molecular flexibility index (Phi) is 5.01. The van der Waals surface area contributed by atoms with Crippen molar-refractivity contribution in [2.24, 2.45) is 0 Å². The zero-order chi connectivity index (χ0) is 14.5. The van der Waals surface area contributed by atoms with Crippen molar-refractivity contribution in [3.8, 4) is 0 Å². The Morgan fingerprint density at radius 3 is 2.65 bits per heavy atom. The molecule has 0 bridgehead atoms. The molecular formula is C16H25N3O. The summed E-state index contributed by atoms with van der Waals surface area (Å²) < 4.78 is 0. The standard InChI is InChI=1S/C16H25N3O/c1-12(2)14-4-6-15(7-5-14)18-16(20)19-11-10-17-9-8-13(19)3/h4-7,12-13,17H,8-11H2,1-3H3,(H,18,20). The Bertz CT molecular complexity index is 442. The molecule has 0 spiro atoms. The molecular weight excluding hydrogens is 250 g/mol. The number of rotatable bonds is 2. The fourth-order valence-corrected chi connectivity index (χ4v) is 2.46. The number of nitrogens with zero attached hydrogens (tertiary/aromatic N) is 1. The number of urea groups is 1. The van der Waals surface area contributed by atoms with Gasteiger partial charge in [0.1, 0.15) is 0 Å². The highest BCUT2D eigenvalue weighted by Crippen LogP contribution is 2.18. The lowest BCUT2D eigenvalue weighted by Crippen LogP contribution is -2.42. The maximum absolute atomic E-state index is 12.3. The molecule has 1 fully saturated rings. The van der Waals surface area contributed by atoms with Crippen molar-refractivity contribution >= 4 is 11.7 Å². The van der Waals surface area contributed by atoms with Gasteiger partial charge in [0.25, 0.3) is 0 Å². The van der Waals surface area contributed by atoms with Gasteiger partial charge in [-0.3, -0.25) is 0 Å². The molecule has 20 heavy (non-hydrogen) atoms. The van der Waals surface area contributed by atoms with Crippen LogP contribution in [0.4, 0.5) is 10.5 Å². The minimum atomic E-state index is -0.00139. The number of anilines is 1. The van der Waals surface area contributed by atoms with Crippen LogP contribution in [0.5, 0.6) is 0 Å². The Morgan fingerprint density at radius 1 is 1.30 bits per heavy atom. The molecule has 4 nitrogen and oxygen atoms in total. The van der Waals surface area contributed by atoms with Gasteiger partial charge in [0.15, 0.2) is 0 Å². The topological polar surface area (TPSA) is 44.4 Å². The van der Waals surface area contributed by atoms with Crippen LogP contribution in [0, 0.1) is 0 Å². The van der Waals surface area contributed by atoms with E-state index in [9.17, 15) is 4.79 Å². The van der Waals surface area contributed by atoms with Gasteiger partial charge in [0.2, 0.25) is 0 Å². The molecule has 0 aliphatic carbocycles.